The molecule has 1 heterocycles. The standard InChI is InChI=1S/C14H18BrClN2S/c1-14(2,3)7-10-8-17-13(19-10)18-12-6-9(15)4-5-11(12)16/h4-6,10H,7-8H2,1-3H3,(H,17,18). The minimum atomic E-state index is 0.343. The van der Waals surface area contributed by atoms with Crippen molar-refractivity contribution in [2.24, 2.45) is 10.4 Å². The van der Waals surface area contributed by atoms with Gasteiger partial charge in [-0.3, -0.25) is 4.99 Å². The van der Waals surface area contributed by atoms with Gasteiger partial charge >= 0.3 is 0 Å². The first-order valence-corrected chi connectivity index (χ1v) is 8.32. The topological polar surface area (TPSA) is 24.4 Å². The lowest BCUT2D eigenvalue weighted by Gasteiger charge is -2.21. The Balaban J connectivity index is 1.97. The van der Waals surface area contributed by atoms with Crippen LogP contribution in [-0.2, 0) is 0 Å². The smallest absolute Gasteiger partial charge is 0.161 e. The molecule has 0 bridgehead atoms. The fourth-order valence-corrected chi connectivity index (χ4v) is 3.88. The molecule has 1 unspecified atom stereocenters. The molecule has 0 amide bonds. The van der Waals surface area contributed by atoms with Crippen LogP contribution in [0, 0.1) is 5.41 Å². The molecule has 0 spiro atoms. The molecular formula is C14H18BrClN2S. The van der Waals surface area contributed by atoms with Crippen LogP contribution in [0.4, 0.5) is 5.69 Å². The molecule has 1 aliphatic heterocycles. The summed E-state index contributed by atoms with van der Waals surface area (Å²) in [5.41, 5.74) is 1.24. The summed E-state index contributed by atoms with van der Waals surface area (Å²) in [6, 6.07) is 5.78. The van der Waals surface area contributed by atoms with E-state index in [0.29, 0.717) is 15.7 Å². The molecule has 19 heavy (non-hydrogen) atoms. The molecule has 5 heteroatoms. The largest absolute Gasteiger partial charge is 0.334 e. The summed E-state index contributed by atoms with van der Waals surface area (Å²) in [7, 11) is 0. The van der Waals surface area contributed by atoms with Crippen LogP contribution < -0.4 is 5.32 Å². The summed E-state index contributed by atoms with van der Waals surface area (Å²) in [5, 5.41) is 5.56. The average Bonchev–Trinajstić information content (AvgIpc) is 2.68. The third-order valence-electron chi connectivity index (χ3n) is 2.73. The van der Waals surface area contributed by atoms with Crippen molar-refractivity contribution in [1.29, 1.82) is 0 Å². The van der Waals surface area contributed by atoms with Crippen LogP contribution in [0.5, 0.6) is 0 Å². The third-order valence-corrected chi connectivity index (χ3v) is 4.65. The summed E-state index contributed by atoms with van der Waals surface area (Å²) < 4.78 is 1.01. The molecule has 0 aliphatic carbocycles. The molecule has 104 valence electrons. The monoisotopic (exact) mass is 360 g/mol. The van der Waals surface area contributed by atoms with Gasteiger partial charge in [0.25, 0.3) is 0 Å². The highest BCUT2D eigenvalue weighted by atomic mass is 79.9. The number of rotatable bonds is 2. The first-order valence-electron chi connectivity index (χ1n) is 6.27. The van der Waals surface area contributed by atoms with Gasteiger partial charge in [0.2, 0.25) is 0 Å². The third kappa shape index (κ3) is 4.69. The fraction of sp³-hybridized carbons (Fsp3) is 0.500. The second kappa shape index (κ2) is 6.06. The Morgan fingerprint density at radius 1 is 1.47 bits per heavy atom. The number of anilines is 1. The van der Waals surface area contributed by atoms with E-state index in [9.17, 15) is 0 Å². The molecule has 0 fully saturated rings. The van der Waals surface area contributed by atoms with Gasteiger partial charge in [0.05, 0.1) is 17.3 Å². The zero-order chi connectivity index (χ0) is 14.0. The molecule has 1 atom stereocenters. The number of hydrogen-bond acceptors (Lipinski definition) is 3. The van der Waals surface area contributed by atoms with E-state index >= 15 is 0 Å². The van der Waals surface area contributed by atoms with Gasteiger partial charge in [0, 0.05) is 9.72 Å². The Morgan fingerprint density at radius 2 is 2.21 bits per heavy atom. The highest BCUT2D eigenvalue weighted by molar-refractivity contribution is 9.10. The second-order valence-corrected chi connectivity index (χ2v) is 8.51. The first-order chi connectivity index (χ1) is 8.83. The molecule has 1 N–H and O–H groups in total. The fourth-order valence-electron chi connectivity index (χ4n) is 1.98. The summed E-state index contributed by atoms with van der Waals surface area (Å²) in [5.74, 6) is 0. The number of thioether (sulfide) groups is 1. The minimum Gasteiger partial charge on any atom is -0.334 e. The lowest BCUT2D eigenvalue weighted by molar-refractivity contribution is 0.375. The Bertz CT molecular complexity index is 497. The number of hydrogen-bond donors (Lipinski definition) is 1. The maximum atomic E-state index is 6.17. The lowest BCUT2D eigenvalue weighted by Crippen LogP contribution is -2.16. The number of aliphatic imine (C=N–C) groups is 1. The number of halogens is 2. The number of nitrogens with zero attached hydrogens (tertiary/aromatic N) is 1. The summed E-state index contributed by atoms with van der Waals surface area (Å²) in [6.07, 6.45) is 1.17. The Labute approximate surface area is 132 Å². The summed E-state index contributed by atoms with van der Waals surface area (Å²) in [6.45, 7) is 7.69. The quantitative estimate of drug-likeness (QED) is 0.760. The van der Waals surface area contributed by atoms with Gasteiger partial charge in [-0.2, -0.15) is 0 Å². The highest BCUT2D eigenvalue weighted by Crippen LogP contribution is 2.34. The molecule has 1 aromatic rings. The van der Waals surface area contributed by atoms with E-state index < -0.39 is 0 Å². The van der Waals surface area contributed by atoms with Crippen molar-refractivity contribution in [3.8, 4) is 0 Å². The van der Waals surface area contributed by atoms with Crippen molar-refractivity contribution in [2.75, 3.05) is 11.9 Å². The van der Waals surface area contributed by atoms with E-state index in [4.69, 9.17) is 11.6 Å². The van der Waals surface area contributed by atoms with Gasteiger partial charge in [-0.25, -0.2) is 0 Å². The van der Waals surface area contributed by atoms with E-state index in [1.165, 1.54) is 6.42 Å². The van der Waals surface area contributed by atoms with Crippen LogP contribution in [0.15, 0.2) is 27.7 Å². The Hall–Kier alpha value is -0.190. The maximum Gasteiger partial charge on any atom is 0.161 e. The van der Waals surface area contributed by atoms with Gasteiger partial charge in [0.1, 0.15) is 0 Å². The molecule has 2 rings (SSSR count). The van der Waals surface area contributed by atoms with Crippen LogP contribution in [0.25, 0.3) is 0 Å². The zero-order valence-electron chi connectivity index (χ0n) is 11.3. The average molecular weight is 362 g/mol. The SMILES string of the molecule is CC(C)(C)CC1CN=C(Nc2cc(Br)ccc2Cl)S1. The predicted molar refractivity (Wildman–Crippen MR) is 90.5 cm³/mol. The molecule has 0 aromatic heterocycles. The van der Waals surface area contributed by atoms with Gasteiger partial charge in [-0.05, 0) is 30.0 Å². The molecule has 0 saturated carbocycles. The molecule has 0 saturated heterocycles. The number of benzene rings is 1. The van der Waals surface area contributed by atoms with Crippen LogP contribution >= 0.6 is 39.3 Å². The minimum absolute atomic E-state index is 0.343. The maximum absolute atomic E-state index is 6.17. The van der Waals surface area contributed by atoms with Crippen molar-refractivity contribution in [3.63, 3.8) is 0 Å². The first kappa shape index (κ1) is 15.2. The molecular weight excluding hydrogens is 344 g/mol. The lowest BCUT2D eigenvalue weighted by atomic mass is 9.90. The number of amidine groups is 1. The summed E-state index contributed by atoms with van der Waals surface area (Å²) in [4.78, 5) is 4.56. The van der Waals surface area contributed by atoms with E-state index in [1.807, 2.05) is 30.0 Å². The van der Waals surface area contributed by atoms with E-state index in [-0.39, 0.29) is 0 Å². The normalized spacial score (nSPS) is 19.4. The van der Waals surface area contributed by atoms with Crippen LogP contribution in [0.2, 0.25) is 5.02 Å². The van der Waals surface area contributed by atoms with Crippen molar-refractivity contribution in [1.82, 2.24) is 0 Å². The van der Waals surface area contributed by atoms with Crippen LogP contribution in [-0.4, -0.2) is 17.0 Å². The van der Waals surface area contributed by atoms with Crippen molar-refractivity contribution < 1.29 is 0 Å². The Morgan fingerprint density at radius 3 is 2.89 bits per heavy atom. The second-order valence-electron chi connectivity index (χ2n) is 5.90. The van der Waals surface area contributed by atoms with E-state index in [1.54, 1.807) is 0 Å². The van der Waals surface area contributed by atoms with E-state index in [2.05, 4.69) is 47.0 Å². The summed E-state index contributed by atoms with van der Waals surface area (Å²) >= 11 is 11.4. The van der Waals surface area contributed by atoms with Gasteiger partial charge in [-0.1, -0.05) is 60.1 Å². The molecule has 1 aliphatic rings. The van der Waals surface area contributed by atoms with Gasteiger partial charge < -0.3 is 5.32 Å². The number of nitrogens with one attached hydrogen (secondary N) is 1. The van der Waals surface area contributed by atoms with Crippen molar-refractivity contribution in [3.05, 3.63) is 27.7 Å². The van der Waals surface area contributed by atoms with Crippen LogP contribution in [0.3, 0.4) is 0 Å². The van der Waals surface area contributed by atoms with Crippen molar-refractivity contribution in [2.45, 2.75) is 32.4 Å². The molecule has 1 aromatic carbocycles. The Kier molecular flexibility index (Phi) is 4.85. The van der Waals surface area contributed by atoms with E-state index in [0.717, 1.165) is 21.9 Å². The van der Waals surface area contributed by atoms with Crippen LogP contribution in [0.1, 0.15) is 27.2 Å². The zero-order valence-corrected chi connectivity index (χ0v) is 14.5. The predicted octanol–water partition coefficient (Wildman–Crippen LogP) is 5.42. The molecule has 2 nitrogen and oxygen atoms in total. The van der Waals surface area contributed by atoms with Gasteiger partial charge in [0.15, 0.2) is 5.17 Å². The van der Waals surface area contributed by atoms with Gasteiger partial charge in [-0.15, -0.1) is 0 Å². The highest BCUT2D eigenvalue weighted by Gasteiger charge is 2.25. The van der Waals surface area contributed by atoms with Crippen molar-refractivity contribution >= 4 is 50.1 Å². The molecule has 0 radical (unpaired) electrons.